The van der Waals surface area contributed by atoms with Crippen LogP contribution in [0, 0.1) is 0 Å². The highest BCUT2D eigenvalue weighted by Crippen LogP contribution is 2.26. The standard InChI is InChI=1S/C24H32N6O/c1-6-21(18-11-13-20(27-5)14-12-18)28-22(16(2)26-4)24-30-29-23(31-24)19-9-7-17(8-10-19)15-25-3/h6-11,20,25-27H,1,12-15H2,2-5H3/b22-16+,28-21?. The van der Waals surface area contributed by atoms with Gasteiger partial charge >= 0.3 is 0 Å². The molecule has 3 N–H and O–H groups in total. The van der Waals surface area contributed by atoms with Crippen molar-refractivity contribution in [3.8, 4) is 11.5 Å². The lowest BCUT2D eigenvalue weighted by Crippen LogP contribution is -2.27. The third-order valence-corrected chi connectivity index (χ3v) is 5.51. The van der Waals surface area contributed by atoms with Crippen LogP contribution in [0.3, 0.4) is 0 Å². The number of hydrogen-bond acceptors (Lipinski definition) is 7. The number of aliphatic imine (C=N–C) groups is 1. The van der Waals surface area contributed by atoms with E-state index in [9.17, 15) is 0 Å². The number of allylic oxidation sites excluding steroid dienone is 3. The topological polar surface area (TPSA) is 87.4 Å². The molecule has 1 aromatic carbocycles. The van der Waals surface area contributed by atoms with Crippen LogP contribution in [-0.2, 0) is 6.54 Å². The van der Waals surface area contributed by atoms with E-state index in [0.717, 1.165) is 42.8 Å². The Labute approximate surface area is 184 Å². The van der Waals surface area contributed by atoms with E-state index in [4.69, 9.17) is 9.41 Å². The van der Waals surface area contributed by atoms with Gasteiger partial charge in [0.2, 0.25) is 5.89 Å². The van der Waals surface area contributed by atoms with Gasteiger partial charge in [0.15, 0.2) is 0 Å². The molecule has 164 valence electrons. The summed E-state index contributed by atoms with van der Waals surface area (Å²) in [4.78, 5) is 4.88. The largest absolute Gasteiger partial charge is 0.415 e. The third kappa shape index (κ3) is 5.57. The first-order valence-electron chi connectivity index (χ1n) is 10.6. The maximum absolute atomic E-state index is 6.02. The van der Waals surface area contributed by atoms with Crippen molar-refractivity contribution in [3.05, 3.63) is 65.7 Å². The van der Waals surface area contributed by atoms with Crippen LogP contribution in [0.2, 0.25) is 0 Å². The first kappa shape index (κ1) is 22.7. The van der Waals surface area contributed by atoms with Gasteiger partial charge in [-0.3, -0.25) is 0 Å². The summed E-state index contributed by atoms with van der Waals surface area (Å²) in [5.41, 5.74) is 5.58. The fourth-order valence-corrected chi connectivity index (χ4v) is 3.51. The lowest BCUT2D eigenvalue weighted by molar-refractivity contribution is 0.512. The highest BCUT2D eigenvalue weighted by atomic mass is 16.4. The molecule has 1 unspecified atom stereocenters. The Morgan fingerprint density at radius 3 is 2.58 bits per heavy atom. The molecule has 0 aliphatic heterocycles. The molecule has 31 heavy (non-hydrogen) atoms. The van der Waals surface area contributed by atoms with Crippen LogP contribution in [0.15, 0.2) is 63.7 Å². The second kappa shape index (κ2) is 10.8. The zero-order chi connectivity index (χ0) is 22.2. The Kier molecular flexibility index (Phi) is 7.92. The molecule has 1 atom stereocenters. The molecule has 2 aromatic rings. The minimum Gasteiger partial charge on any atom is -0.415 e. The molecular weight excluding hydrogens is 388 g/mol. The molecule has 0 saturated heterocycles. The van der Waals surface area contributed by atoms with Crippen molar-refractivity contribution in [3.63, 3.8) is 0 Å². The van der Waals surface area contributed by atoms with Gasteiger partial charge in [-0.1, -0.05) is 24.8 Å². The van der Waals surface area contributed by atoms with Gasteiger partial charge < -0.3 is 20.4 Å². The van der Waals surface area contributed by atoms with Crippen molar-refractivity contribution in [2.45, 2.75) is 38.8 Å². The smallest absolute Gasteiger partial charge is 0.268 e. The predicted molar refractivity (Wildman–Crippen MR) is 127 cm³/mol. The normalized spacial score (nSPS) is 17.7. The summed E-state index contributed by atoms with van der Waals surface area (Å²) < 4.78 is 6.02. The molecule has 1 aliphatic rings. The van der Waals surface area contributed by atoms with Crippen LogP contribution >= 0.6 is 0 Å². The molecule has 0 radical (unpaired) electrons. The van der Waals surface area contributed by atoms with Crippen LogP contribution in [0.25, 0.3) is 17.2 Å². The fourth-order valence-electron chi connectivity index (χ4n) is 3.51. The van der Waals surface area contributed by atoms with Crippen LogP contribution < -0.4 is 16.0 Å². The number of nitrogens with one attached hydrogen (secondary N) is 3. The highest BCUT2D eigenvalue weighted by Gasteiger charge is 2.19. The lowest BCUT2D eigenvalue weighted by atomic mass is 9.92. The van der Waals surface area contributed by atoms with E-state index < -0.39 is 0 Å². The maximum atomic E-state index is 6.02. The van der Waals surface area contributed by atoms with Crippen molar-refractivity contribution in [1.29, 1.82) is 0 Å². The van der Waals surface area contributed by atoms with E-state index in [1.165, 1.54) is 11.1 Å². The van der Waals surface area contributed by atoms with Gasteiger partial charge in [-0.05, 0) is 69.6 Å². The quantitative estimate of drug-likeness (QED) is 0.537. The molecule has 1 aromatic heterocycles. The van der Waals surface area contributed by atoms with E-state index in [1.54, 1.807) is 6.08 Å². The Hall–Kier alpha value is -3.03. The Bertz CT molecular complexity index is 984. The van der Waals surface area contributed by atoms with E-state index in [1.807, 2.05) is 52.3 Å². The summed E-state index contributed by atoms with van der Waals surface area (Å²) in [6, 6.07) is 8.59. The Balaban J connectivity index is 1.91. The van der Waals surface area contributed by atoms with Crippen molar-refractivity contribution in [2.24, 2.45) is 4.99 Å². The maximum Gasteiger partial charge on any atom is 0.268 e. The summed E-state index contributed by atoms with van der Waals surface area (Å²) in [6.45, 7) is 6.74. The van der Waals surface area contributed by atoms with Crippen molar-refractivity contribution in [1.82, 2.24) is 26.1 Å². The molecule has 0 spiro atoms. The molecular formula is C24H32N6O. The van der Waals surface area contributed by atoms with Crippen LogP contribution in [0.4, 0.5) is 0 Å². The average Bonchev–Trinajstić information content (AvgIpc) is 3.30. The van der Waals surface area contributed by atoms with Crippen molar-refractivity contribution in [2.75, 3.05) is 21.1 Å². The second-order valence-electron chi connectivity index (χ2n) is 7.55. The molecule has 0 fully saturated rings. The van der Waals surface area contributed by atoms with Gasteiger partial charge in [-0.15, -0.1) is 10.2 Å². The SMILES string of the molecule is C=CC(=N/C(=C(\C)NC)c1nnc(-c2ccc(CNC)cc2)o1)C1=CCC(NC)CC1. The number of benzene rings is 1. The summed E-state index contributed by atoms with van der Waals surface area (Å²) >= 11 is 0. The van der Waals surface area contributed by atoms with E-state index in [2.05, 4.69) is 38.8 Å². The van der Waals surface area contributed by atoms with Gasteiger partial charge in [0.25, 0.3) is 5.89 Å². The Morgan fingerprint density at radius 2 is 2.00 bits per heavy atom. The second-order valence-corrected chi connectivity index (χ2v) is 7.55. The van der Waals surface area contributed by atoms with Gasteiger partial charge in [0.1, 0.15) is 5.70 Å². The van der Waals surface area contributed by atoms with Crippen LogP contribution in [0.5, 0.6) is 0 Å². The summed E-state index contributed by atoms with van der Waals surface area (Å²) in [7, 11) is 5.79. The molecule has 7 nitrogen and oxygen atoms in total. The Morgan fingerprint density at radius 1 is 1.23 bits per heavy atom. The molecule has 3 rings (SSSR count). The fraction of sp³-hybridized carbons (Fsp3) is 0.375. The van der Waals surface area contributed by atoms with Crippen molar-refractivity contribution >= 4 is 11.4 Å². The molecule has 1 heterocycles. The first-order valence-corrected chi connectivity index (χ1v) is 10.6. The first-order chi connectivity index (χ1) is 15.1. The molecule has 0 amide bonds. The van der Waals surface area contributed by atoms with E-state index in [0.29, 0.717) is 23.5 Å². The molecule has 0 saturated carbocycles. The zero-order valence-electron chi connectivity index (χ0n) is 18.8. The summed E-state index contributed by atoms with van der Waals surface area (Å²) in [6.07, 6.45) is 7.05. The minimum absolute atomic E-state index is 0.380. The predicted octanol–water partition coefficient (Wildman–Crippen LogP) is 3.69. The van der Waals surface area contributed by atoms with Crippen LogP contribution in [0.1, 0.15) is 37.6 Å². The minimum atomic E-state index is 0.380. The van der Waals surface area contributed by atoms with Gasteiger partial charge in [-0.2, -0.15) is 0 Å². The van der Waals surface area contributed by atoms with Gasteiger partial charge in [0, 0.05) is 30.9 Å². The zero-order valence-corrected chi connectivity index (χ0v) is 18.8. The van der Waals surface area contributed by atoms with Gasteiger partial charge in [-0.25, -0.2) is 4.99 Å². The number of hydrogen-bond donors (Lipinski definition) is 3. The number of nitrogens with zero attached hydrogens (tertiary/aromatic N) is 3. The molecule has 0 bridgehead atoms. The van der Waals surface area contributed by atoms with Crippen LogP contribution in [-0.4, -0.2) is 43.1 Å². The van der Waals surface area contributed by atoms with E-state index in [-0.39, 0.29) is 0 Å². The number of aromatic nitrogens is 2. The van der Waals surface area contributed by atoms with Gasteiger partial charge in [0.05, 0.1) is 5.71 Å². The highest BCUT2D eigenvalue weighted by molar-refractivity contribution is 6.10. The average molecular weight is 421 g/mol. The van der Waals surface area contributed by atoms with Crippen molar-refractivity contribution < 1.29 is 4.42 Å². The third-order valence-electron chi connectivity index (χ3n) is 5.51. The lowest BCUT2D eigenvalue weighted by Gasteiger charge is -2.21. The van der Waals surface area contributed by atoms with E-state index >= 15 is 0 Å². The molecule has 7 heteroatoms. The molecule has 1 aliphatic carbocycles. The summed E-state index contributed by atoms with van der Waals surface area (Å²) in [5.74, 6) is 0.849. The summed E-state index contributed by atoms with van der Waals surface area (Å²) in [5, 5.41) is 18.2. The monoisotopic (exact) mass is 420 g/mol. The number of rotatable bonds is 9.